The summed E-state index contributed by atoms with van der Waals surface area (Å²) in [5, 5.41) is 7.11. The van der Waals surface area contributed by atoms with Gasteiger partial charge in [0.05, 0.1) is 11.8 Å². The number of aromatic nitrogens is 2. The lowest BCUT2D eigenvalue weighted by molar-refractivity contribution is -0.137. The maximum atomic E-state index is 12.8. The molecule has 8 heteroatoms. The lowest BCUT2D eigenvalue weighted by Crippen LogP contribution is -2.41. The van der Waals surface area contributed by atoms with Crippen LogP contribution in [-0.2, 0) is 17.5 Å². The van der Waals surface area contributed by atoms with Gasteiger partial charge in [0.25, 0.3) is 0 Å². The maximum absolute atomic E-state index is 12.8. The molecular formula is C18H19F3N4O. The Hall–Kier alpha value is -2.77. The van der Waals surface area contributed by atoms with Gasteiger partial charge in [0.2, 0.25) is 5.91 Å². The highest BCUT2D eigenvalue weighted by molar-refractivity contribution is 5.87. The van der Waals surface area contributed by atoms with Crippen LogP contribution in [0.25, 0.3) is 0 Å². The van der Waals surface area contributed by atoms with Crippen molar-refractivity contribution >= 4 is 17.4 Å². The first-order chi connectivity index (χ1) is 12.4. The van der Waals surface area contributed by atoms with Crippen molar-refractivity contribution in [3.63, 3.8) is 0 Å². The molecule has 0 radical (unpaired) electrons. The van der Waals surface area contributed by atoms with E-state index in [1.165, 1.54) is 18.2 Å². The quantitative estimate of drug-likeness (QED) is 0.847. The Morgan fingerprint density at radius 1 is 1.27 bits per heavy atom. The molecule has 0 saturated carbocycles. The average Bonchev–Trinajstić information content (AvgIpc) is 3.07. The number of carbonyl (C=O) groups excluding carboxylic acids is 1. The zero-order valence-electron chi connectivity index (χ0n) is 14.2. The molecule has 2 heterocycles. The second-order valence-electron chi connectivity index (χ2n) is 6.14. The number of amides is 1. The van der Waals surface area contributed by atoms with Gasteiger partial charge in [-0.3, -0.25) is 4.79 Å². The number of carbonyl (C=O) groups is 1. The van der Waals surface area contributed by atoms with E-state index in [2.05, 4.69) is 10.4 Å². The topological polar surface area (TPSA) is 50.2 Å². The summed E-state index contributed by atoms with van der Waals surface area (Å²) in [5.74, 6) is 0.736. The highest BCUT2D eigenvalue weighted by Crippen LogP contribution is 2.34. The monoisotopic (exact) mass is 364 g/mol. The number of anilines is 2. The third-order valence-electron chi connectivity index (χ3n) is 4.23. The second kappa shape index (κ2) is 7.23. The molecule has 1 aromatic carbocycles. The van der Waals surface area contributed by atoms with Crippen molar-refractivity contribution in [2.75, 3.05) is 18.0 Å². The molecule has 5 nitrogen and oxygen atoms in total. The molecule has 0 saturated heterocycles. The van der Waals surface area contributed by atoms with Gasteiger partial charge in [0.1, 0.15) is 5.82 Å². The number of halogens is 3. The van der Waals surface area contributed by atoms with Gasteiger partial charge in [0, 0.05) is 37.3 Å². The van der Waals surface area contributed by atoms with Crippen LogP contribution >= 0.6 is 0 Å². The normalized spacial score (nSPS) is 17.4. The number of nitrogens with zero attached hydrogens (tertiary/aromatic N) is 3. The molecule has 1 aromatic heterocycles. The van der Waals surface area contributed by atoms with Crippen molar-refractivity contribution in [2.45, 2.75) is 19.6 Å². The minimum atomic E-state index is -4.36. The van der Waals surface area contributed by atoms with Crippen LogP contribution in [-0.4, -0.2) is 28.8 Å². The average molecular weight is 364 g/mol. The second-order valence-corrected chi connectivity index (χ2v) is 6.14. The van der Waals surface area contributed by atoms with Crippen LogP contribution in [0, 0.1) is 5.92 Å². The van der Waals surface area contributed by atoms with Crippen molar-refractivity contribution in [2.24, 2.45) is 5.92 Å². The zero-order chi connectivity index (χ0) is 18.7. The first-order valence-corrected chi connectivity index (χ1v) is 8.25. The molecule has 0 spiro atoms. The summed E-state index contributed by atoms with van der Waals surface area (Å²) in [5.41, 5.74) is -0.0221. The fraction of sp³-hybridized carbons (Fsp3) is 0.333. The van der Waals surface area contributed by atoms with Crippen molar-refractivity contribution in [1.82, 2.24) is 15.1 Å². The van der Waals surface area contributed by atoms with Crippen LogP contribution in [0.15, 0.2) is 48.7 Å². The van der Waals surface area contributed by atoms with E-state index in [0.29, 0.717) is 25.3 Å². The lowest BCUT2D eigenvalue weighted by atomic mass is 10.1. The first-order valence-electron chi connectivity index (χ1n) is 8.25. The molecule has 1 amide bonds. The molecule has 1 atom stereocenters. The highest BCUT2D eigenvalue weighted by Gasteiger charge is 2.31. The number of hydrogen-bond donors (Lipinski definition) is 1. The van der Waals surface area contributed by atoms with Crippen molar-refractivity contribution < 1.29 is 18.0 Å². The summed E-state index contributed by atoms with van der Waals surface area (Å²) in [7, 11) is 0. The Morgan fingerprint density at radius 3 is 2.65 bits per heavy atom. The Balaban J connectivity index is 1.79. The van der Waals surface area contributed by atoms with Crippen LogP contribution in [0.3, 0.4) is 0 Å². The summed E-state index contributed by atoms with van der Waals surface area (Å²) in [6.45, 7) is 3.44. The standard InChI is InChI=1S/C18H19F3N4O/c1-2-3-16(26)22-10-13-11-24(17-8-9-23-25(17)12-13)15-6-4-14(5-7-15)18(19,20)21/h2-9,13H,10-12H2,1H3,(H,22,26)/b3-2+. The maximum Gasteiger partial charge on any atom is 0.416 e. The number of nitrogens with one attached hydrogen (secondary N) is 1. The Morgan fingerprint density at radius 2 is 2.00 bits per heavy atom. The van der Waals surface area contributed by atoms with E-state index < -0.39 is 11.7 Å². The predicted molar refractivity (Wildman–Crippen MR) is 92.0 cm³/mol. The van der Waals surface area contributed by atoms with Gasteiger partial charge in [-0.05, 0) is 37.3 Å². The minimum absolute atomic E-state index is 0.0823. The molecule has 1 N–H and O–H groups in total. The first kappa shape index (κ1) is 18.0. The van der Waals surface area contributed by atoms with Gasteiger partial charge in [-0.2, -0.15) is 18.3 Å². The van der Waals surface area contributed by atoms with Crippen LogP contribution < -0.4 is 10.2 Å². The Labute approximate surface area is 149 Å². The van der Waals surface area contributed by atoms with E-state index >= 15 is 0 Å². The highest BCUT2D eigenvalue weighted by atomic mass is 19.4. The van der Waals surface area contributed by atoms with Gasteiger partial charge in [0.15, 0.2) is 0 Å². The van der Waals surface area contributed by atoms with Crippen LogP contribution in [0.1, 0.15) is 12.5 Å². The third kappa shape index (κ3) is 3.89. The number of allylic oxidation sites excluding steroid dienone is 1. The summed E-state index contributed by atoms with van der Waals surface area (Å²) >= 11 is 0. The predicted octanol–water partition coefficient (Wildman–Crippen LogP) is 3.36. The van der Waals surface area contributed by atoms with E-state index in [-0.39, 0.29) is 11.8 Å². The van der Waals surface area contributed by atoms with E-state index in [4.69, 9.17) is 0 Å². The summed E-state index contributed by atoms with van der Waals surface area (Å²) in [6, 6.07) is 6.90. The zero-order valence-corrected chi connectivity index (χ0v) is 14.2. The number of hydrogen-bond acceptors (Lipinski definition) is 3. The molecule has 138 valence electrons. The van der Waals surface area contributed by atoms with Crippen LogP contribution in [0.2, 0.25) is 0 Å². The number of fused-ring (bicyclic) bond motifs is 1. The minimum Gasteiger partial charge on any atom is -0.352 e. The van der Waals surface area contributed by atoms with Gasteiger partial charge in [-0.25, -0.2) is 4.68 Å². The summed E-state index contributed by atoms with van der Waals surface area (Å²) in [6.07, 6.45) is 0.418. The molecule has 3 rings (SSSR count). The lowest BCUT2D eigenvalue weighted by Gasteiger charge is -2.35. The van der Waals surface area contributed by atoms with Gasteiger partial charge in [-0.1, -0.05) is 6.08 Å². The van der Waals surface area contributed by atoms with Crippen molar-refractivity contribution in [3.05, 3.63) is 54.2 Å². The molecule has 0 fully saturated rings. The van der Waals surface area contributed by atoms with Crippen LogP contribution in [0.4, 0.5) is 24.7 Å². The van der Waals surface area contributed by atoms with Gasteiger partial charge in [-0.15, -0.1) is 0 Å². The SMILES string of the molecule is C/C=C/C(=O)NCC1CN(c2ccc(C(F)(F)F)cc2)c2ccnn2C1. The van der Waals surface area contributed by atoms with E-state index in [1.54, 1.807) is 23.9 Å². The fourth-order valence-corrected chi connectivity index (χ4v) is 3.00. The summed E-state index contributed by atoms with van der Waals surface area (Å²) < 4.78 is 40.1. The molecule has 1 aliphatic heterocycles. The fourth-order valence-electron chi connectivity index (χ4n) is 3.00. The molecule has 26 heavy (non-hydrogen) atoms. The molecule has 1 aliphatic rings. The number of rotatable bonds is 4. The Kier molecular flexibility index (Phi) is 5.01. The number of alkyl halides is 3. The van der Waals surface area contributed by atoms with E-state index in [0.717, 1.165) is 18.0 Å². The molecule has 2 aromatic rings. The largest absolute Gasteiger partial charge is 0.416 e. The molecular weight excluding hydrogens is 345 g/mol. The van der Waals surface area contributed by atoms with E-state index in [9.17, 15) is 18.0 Å². The molecule has 0 aliphatic carbocycles. The van der Waals surface area contributed by atoms with Crippen LogP contribution in [0.5, 0.6) is 0 Å². The van der Waals surface area contributed by atoms with Crippen molar-refractivity contribution in [1.29, 1.82) is 0 Å². The smallest absolute Gasteiger partial charge is 0.352 e. The number of benzene rings is 1. The van der Waals surface area contributed by atoms with E-state index in [1.807, 2.05) is 11.0 Å². The molecule has 1 unspecified atom stereocenters. The summed E-state index contributed by atoms with van der Waals surface area (Å²) in [4.78, 5) is 13.5. The van der Waals surface area contributed by atoms with Gasteiger partial charge >= 0.3 is 6.18 Å². The van der Waals surface area contributed by atoms with Crippen molar-refractivity contribution in [3.8, 4) is 0 Å². The molecule has 0 bridgehead atoms. The third-order valence-corrected chi connectivity index (χ3v) is 4.23. The van der Waals surface area contributed by atoms with Gasteiger partial charge < -0.3 is 10.2 Å². The Bertz CT molecular complexity index is 796.